The molecule has 1 aromatic heterocycles. The lowest BCUT2D eigenvalue weighted by Gasteiger charge is -2.11. The minimum atomic E-state index is -0.340. The molecule has 0 unspecified atom stereocenters. The Morgan fingerprint density at radius 1 is 1.15 bits per heavy atom. The summed E-state index contributed by atoms with van der Waals surface area (Å²) in [4.78, 5) is 20.1. The average molecular weight is 479 g/mol. The molecule has 33 heavy (non-hydrogen) atoms. The Morgan fingerprint density at radius 3 is 2.70 bits per heavy atom. The molecule has 4 rings (SSSR count). The van der Waals surface area contributed by atoms with Gasteiger partial charge in [0.1, 0.15) is 11.6 Å². The van der Waals surface area contributed by atoms with Gasteiger partial charge in [-0.15, -0.1) is 0 Å². The number of halogens is 1. The number of aryl methyl sites for hydroxylation is 2. The van der Waals surface area contributed by atoms with Crippen molar-refractivity contribution in [3.63, 3.8) is 0 Å². The van der Waals surface area contributed by atoms with Crippen molar-refractivity contribution in [1.29, 1.82) is 0 Å². The molecule has 3 aromatic carbocycles. The second-order valence-corrected chi connectivity index (χ2v) is 8.39. The lowest BCUT2D eigenvalue weighted by molar-refractivity contribution is -0.121. The monoisotopic (exact) mass is 478 g/mol. The maximum Gasteiger partial charge on any atom is 0.264 e. The van der Waals surface area contributed by atoms with Gasteiger partial charge in [0.05, 0.1) is 11.0 Å². The van der Waals surface area contributed by atoms with Crippen LogP contribution in [-0.4, -0.2) is 27.6 Å². The molecule has 0 spiro atoms. The highest BCUT2D eigenvalue weighted by Crippen LogP contribution is 2.26. The summed E-state index contributed by atoms with van der Waals surface area (Å²) in [7, 11) is 0. The van der Waals surface area contributed by atoms with Crippen molar-refractivity contribution in [2.75, 3.05) is 11.9 Å². The Hall–Kier alpha value is -3.42. The predicted molar refractivity (Wildman–Crippen MR) is 137 cm³/mol. The smallest absolute Gasteiger partial charge is 0.264 e. The topological polar surface area (TPSA) is 79.0 Å². The summed E-state index contributed by atoms with van der Waals surface area (Å²) in [6, 6.07) is 19.1. The van der Waals surface area contributed by atoms with Gasteiger partial charge in [-0.05, 0) is 73.1 Å². The summed E-state index contributed by atoms with van der Waals surface area (Å²) < 4.78 is 5.52. The number of amides is 1. The van der Waals surface area contributed by atoms with Crippen molar-refractivity contribution >= 4 is 51.6 Å². The summed E-state index contributed by atoms with van der Waals surface area (Å²) in [5.41, 5.74) is 5.50. The number of imidazole rings is 1. The Bertz CT molecular complexity index is 1280. The summed E-state index contributed by atoms with van der Waals surface area (Å²) in [5.74, 6) is 1.01. The number of aromatic amines is 1. The van der Waals surface area contributed by atoms with Gasteiger partial charge in [-0.3, -0.25) is 10.1 Å². The molecule has 0 aliphatic carbocycles. The molecule has 6 nitrogen and oxygen atoms in total. The molecule has 0 atom stereocenters. The number of nitrogens with one attached hydrogen (secondary N) is 3. The molecule has 4 aromatic rings. The minimum Gasteiger partial charge on any atom is -0.484 e. The van der Waals surface area contributed by atoms with Crippen LogP contribution < -0.4 is 15.4 Å². The highest BCUT2D eigenvalue weighted by molar-refractivity contribution is 7.80. The molecule has 8 heteroatoms. The zero-order valence-corrected chi connectivity index (χ0v) is 19.8. The number of benzene rings is 3. The first-order valence-corrected chi connectivity index (χ1v) is 11.3. The number of hydrogen-bond acceptors (Lipinski definition) is 4. The van der Waals surface area contributed by atoms with Crippen molar-refractivity contribution in [2.24, 2.45) is 0 Å². The number of carbonyl (C=O) groups excluding carboxylic acids is 1. The summed E-state index contributed by atoms with van der Waals surface area (Å²) >= 11 is 11.5. The lowest BCUT2D eigenvalue weighted by atomic mass is 10.2. The normalized spacial score (nSPS) is 10.8. The maximum atomic E-state index is 12.2. The van der Waals surface area contributed by atoms with Crippen molar-refractivity contribution in [1.82, 2.24) is 15.3 Å². The number of carbonyl (C=O) groups is 1. The van der Waals surface area contributed by atoms with Crippen LogP contribution >= 0.6 is 23.8 Å². The number of ether oxygens (including phenoxy) is 1. The molecule has 1 heterocycles. The molecule has 168 valence electrons. The van der Waals surface area contributed by atoms with Crippen LogP contribution in [0, 0.1) is 6.92 Å². The van der Waals surface area contributed by atoms with E-state index in [2.05, 4.69) is 27.5 Å². The highest BCUT2D eigenvalue weighted by atomic mass is 35.5. The first kappa shape index (κ1) is 22.8. The fraction of sp³-hybridized carbons (Fsp3) is 0.160. The fourth-order valence-electron chi connectivity index (χ4n) is 3.32. The summed E-state index contributed by atoms with van der Waals surface area (Å²) in [6.45, 7) is 3.91. The van der Waals surface area contributed by atoms with Crippen LogP contribution in [0.3, 0.4) is 0 Å². The first-order chi connectivity index (χ1) is 15.9. The highest BCUT2D eigenvalue weighted by Gasteiger charge is 2.10. The van der Waals surface area contributed by atoms with E-state index >= 15 is 0 Å². The number of H-pyrrole nitrogens is 1. The number of nitrogens with zero attached hydrogens (tertiary/aromatic N) is 1. The number of aromatic nitrogens is 2. The lowest BCUT2D eigenvalue weighted by Crippen LogP contribution is -2.37. The van der Waals surface area contributed by atoms with Gasteiger partial charge >= 0.3 is 0 Å². The molecule has 0 saturated carbocycles. The third kappa shape index (κ3) is 5.69. The Labute approximate surface area is 202 Å². The van der Waals surface area contributed by atoms with Gasteiger partial charge in [-0.2, -0.15) is 0 Å². The van der Waals surface area contributed by atoms with Crippen LogP contribution in [0.15, 0.2) is 60.7 Å². The Morgan fingerprint density at radius 2 is 1.94 bits per heavy atom. The van der Waals surface area contributed by atoms with Crippen LogP contribution in [-0.2, 0) is 11.2 Å². The summed E-state index contributed by atoms with van der Waals surface area (Å²) in [5, 5.41) is 6.53. The molecule has 3 N–H and O–H groups in total. The molecule has 1 amide bonds. The third-order valence-electron chi connectivity index (χ3n) is 5.11. The number of fused-ring (bicyclic) bond motifs is 1. The second-order valence-electron chi connectivity index (χ2n) is 7.57. The number of hydrogen-bond donors (Lipinski definition) is 3. The van der Waals surface area contributed by atoms with Gasteiger partial charge in [0.25, 0.3) is 5.91 Å². The zero-order chi connectivity index (χ0) is 23.4. The van der Waals surface area contributed by atoms with Gasteiger partial charge in [-0.1, -0.05) is 42.8 Å². The minimum absolute atomic E-state index is 0.131. The largest absolute Gasteiger partial charge is 0.484 e. The number of thiocarbonyl (C=S) groups is 1. The van der Waals surface area contributed by atoms with E-state index in [4.69, 9.17) is 28.6 Å². The quantitative estimate of drug-likeness (QED) is 0.312. The predicted octanol–water partition coefficient (Wildman–Crippen LogP) is 5.65. The van der Waals surface area contributed by atoms with Crippen molar-refractivity contribution in [3.05, 3.63) is 76.8 Å². The van der Waals surface area contributed by atoms with Crippen LogP contribution in [0.2, 0.25) is 5.02 Å². The number of rotatable bonds is 6. The van der Waals surface area contributed by atoms with Crippen LogP contribution in [0.25, 0.3) is 22.4 Å². The van der Waals surface area contributed by atoms with E-state index in [1.807, 2.05) is 67.6 Å². The van der Waals surface area contributed by atoms with E-state index in [1.54, 1.807) is 0 Å². The van der Waals surface area contributed by atoms with Gasteiger partial charge in [-0.25, -0.2) is 4.98 Å². The second kappa shape index (κ2) is 10.0. The van der Waals surface area contributed by atoms with Crippen LogP contribution in [0.4, 0.5) is 5.69 Å². The van der Waals surface area contributed by atoms with Crippen LogP contribution in [0.1, 0.15) is 18.1 Å². The van der Waals surface area contributed by atoms with Gasteiger partial charge in [0, 0.05) is 16.3 Å². The van der Waals surface area contributed by atoms with Gasteiger partial charge in [0.15, 0.2) is 11.7 Å². The van der Waals surface area contributed by atoms with Crippen molar-refractivity contribution in [2.45, 2.75) is 20.3 Å². The SMILES string of the molecule is CCc1ccc(OCC(=O)NC(=S)Nc2cccc(-c3nc4cc(Cl)c(C)cc4[nH]3)c2)cc1. The maximum absolute atomic E-state index is 12.2. The molecule has 0 aliphatic heterocycles. The molecule has 0 radical (unpaired) electrons. The molecule has 0 saturated heterocycles. The number of anilines is 1. The Balaban J connectivity index is 1.36. The first-order valence-electron chi connectivity index (χ1n) is 10.5. The van der Waals surface area contributed by atoms with E-state index in [1.165, 1.54) is 5.56 Å². The van der Waals surface area contributed by atoms with Gasteiger partial charge < -0.3 is 15.0 Å². The van der Waals surface area contributed by atoms with E-state index in [9.17, 15) is 4.79 Å². The molecule has 0 bridgehead atoms. The van der Waals surface area contributed by atoms with Gasteiger partial charge in [0.2, 0.25) is 0 Å². The molecular formula is C25H23ClN4O2S. The van der Waals surface area contributed by atoms with E-state index in [-0.39, 0.29) is 17.6 Å². The third-order valence-corrected chi connectivity index (χ3v) is 5.72. The van der Waals surface area contributed by atoms with Crippen molar-refractivity contribution in [3.8, 4) is 17.1 Å². The van der Waals surface area contributed by atoms with E-state index in [0.29, 0.717) is 16.6 Å². The average Bonchev–Trinajstić information content (AvgIpc) is 3.21. The standard InChI is InChI=1S/C25H23ClN4O2S/c1-3-16-7-9-19(10-8-16)32-14-23(31)30-25(33)27-18-6-4-5-17(12-18)24-28-21-11-15(2)20(26)13-22(21)29-24/h4-13H,3,14H2,1-2H3,(H,28,29)(H2,27,30,31,33). The molecular weight excluding hydrogens is 456 g/mol. The van der Waals surface area contributed by atoms with E-state index < -0.39 is 0 Å². The zero-order valence-electron chi connectivity index (χ0n) is 18.2. The molecule has 0 fully saturated rings. The fourth-order valence-corrected chi connectivity index (χ4v) is 3.71. The van der Waals surface area contributed by atoms with Crippen molar-refractivity contribution < 1.29 is 9.53 Å². The molecule has 0 aliphatic rings. The Kier molecular flexibility index (Phi) is 6.91. The van der Waals surface area contributed by atoms with E-state index in [0.717, 1.165) is 34.3 Å². The summed E-state index contributed by atoms with van der Waals surface area (Å²) in [6.07, 6.45) is 0.951. The van der Waals surface area contributed by atoms with Crippen LogP contribution in [0.5, 0.6) is 5.75 Å².